The third kappa shape index (κ3) is 1.75. The third-order valence-electron chi connectivity index (χ3n) is 1.55. The lowest BCUT2D eigenvalue weighted by molar-refractivity contribution is 0.576. The number of benzene rings is 1. The van der Waals surface area contributed by atoms with Crippen LogP contribution in [-0.2, 0) is 6.42 Å². The van der Waals surface area contributed by atoms with Gasteiger partial charge in [0.1, 0.15) is 11.6 Å². The second-order valence-electron chi connectivity index (χ2n) is 2.31. The maximum Gasteiger partial charge on any atom is 0.129 e. The summed E-state index contributed by atoms with van der Waals surface area (Å²) in [4.78, 5) is 0. The van der Waals surface area contributed by atoms with Crippen LogP contribution in [0.1, 0.15) is 12.5 Å². The van der Waals surface area contributed by atoms with E-state index in [9.17, 15) is 8.78 Å². The van der Waals surface area contributed by atoms with Crippen LogP contribution in [0.25, 0.3) is 0 Å². The van der Waals surface area contributed by atoms with Crippen molar-refractivity contribution < 1.29 is 8.78 Å². The SMILES string of the molecule is CCc1c(F)cc(F)cc1P. The van der Waals surface area contributed by atoms with Crippen LogP contribution in [0.3, 0.4) is 0 Å². The van der Waals surface area contributed by atoms with Crippen LogP contribution in [0.15, 0.2) is 12.1 Å². The molecule has 1 aromatic rings. The monoisotopic (exact) mass is 174 g/mol. The molecule has 0 saturated carbocycles. The van der Waals surface area contributed by atoms with E-state index in [1.807, 2.05) is 6.92 Å². The van der Waals surface area contributed by atoms with E-state index in [2.05, 4.69) is 9.24 Å². The Bertz CT molecular complexity index is 248. The molecule has 1 unspecified atom stereocenters. The quantitative estimate of drug-likeness (QED) is 0.571. The Balaban J connectivity index is 3.25. The fraction of sp³-hybridized carbons (Fsp3) is 0.250. The first-order valence-corrected chi connectivity index (χ1v) is 3.96. The molecule has 0 aliphatic rings. The average molecular weight is 174 g/mol. The standard InChI is InChI=1S/C8H9F2P/c1-2-6-7(10)3-5(9)4-8(6)11/h3-4H,2,11H2,1H3. The third-order valence-corrected chi connectivity index (χ3v) is 2.06. The Morgan fingerprint density at radius 2 is 2.00 bits per heavy atom. The van der Waals surface area contributed by atoms with Gasteiger partial charge in [0.25, 0.3) is 0 Å². The van der Waals surface area contributed by atoms with Crippen molar-refractivity contribution in [1.82, 2.24) is 0 Å². The minimum Gasteiger partial charge on any atom is -0.207 e. The van der Waals surface area contributed by atoms with Crippen molar-refractivity contribution in [3.8, 4) is 0 Å². The molecule has 0 spiro atoms. The van der Waals surface area contributed by atoms with E-state index in [4.69, 9.17) is 0 Å². The van der Waals surface area contributed by atoms with Gasteiger partial charge in [-0.3, -0.25) is 0 Å². The first-order chi connectivity index (χ1) is 5.15. The van der Waals surface area contributed by atoms with Crippen molar-refractivity contribution in [2.24, 2.45) is 0 Å². The Hall–Kier alpha value is -0.490. The maximum atomic E-state index is 12.9. The Labute approximate surface area is 66.8 Å². The molecule has 1 aromatic carbocycles. The molecule has 0 aliphatic heterocycles. The molecular weight excluding hydrogens is 165 g/mol. The molecule has 0 heterocycles. The molecule has 0 aliphatic carbocycles. The van der Waals surface area contributed by atoms with Gasteiger partial charge >= 0.3 is 0 Å². The van der Waals surface area contributed by atoms with E-state index in [1.165, 1.54) is 6.07 Å². The summed E-state index contributed by atoms with van der Waals surface area (Å²) < 4.78 is 25.3. The summed E-state index contributed by atoms with van der Waals surface area (Å²) in [5, 5.41) is 0.602. The molecule has 3 heteroatoms. The van der Waals surface area contributed by atoms with Gasteiger partial charge in [-0.05, 0) is 23.4 Å². The van der Waals surface area contributed by atoms with Gasteiger partial charge in [0.15, 0.2) is 0 Å². The van der Waals surface area contributed by atoms with Gasteiger partial charge in [0, 0.05) is 6.07 Å². The lowest BCUT2D eigenvalue weighted by atomic mass is 10.1. The van der Waals surface area contributed by atoms with Gasteiger partial charge in [-0.1, -0.05) is 6.92 Å². The first-order valence-electron chi connectivity index (χ1n) is 3.38. The molecule has 11 heavy (non-hydrogen) atoms. The zero-order chi connectivity index (χ0) is 8.43. The minimum absolute atomic E-state index is 0.461. The second kappa shape index (κ2) is 3.27. The fourth-order valence-electron chi connectivity index (χ4n) is 0.996. The van der Waals surface area contributed by atoms with E-state index in [0.29, 0.717) is 17.3 Å². The van der Waals surface area contributed by atoms with Crippen molar-refractivity contribution in [1.29, 1.82) is 0 Å². The zero-order valence-corrected chi connectivity index (χ0v) is 7.35. The van der Waals surface area contributed by atoms with Gasteiger partial charge in [0.05, 0.1) is 0 Å². The fourth-order valence-corrected chi connectivity index (χ4v) is 1.50. The van der Waals surface area contributed by atoms with E-state index in [-0.39, 0.29) is 0 Å². The zero-order valence-electron chi connectivity index (χ0n) is 6.20. The van der Waals surface area contributed by atoms with Crippen molar-refractivity contribution >= 4 is 14.5 Å². The summed E-state index contributed by atoms with van der Waals surface area (Å²) in [6.07, 6.45) is 0.588. The first kappa shape index (κ1) is 8.61. The molecule has 0 aromatic heterocycles. The Morgan fingerprint density at radius 3 is 2.45 bits per heavy atom. The Kier molecular flexibility index (Phi) is 2.56. The number of rotatable bonds is 1. The molecule has 1 rings (SSSR count). The second-order valence-corrected chi connectivity index (χ2v) is 2.93. The van der Waals surface area contributed by atoms with Crippen LogP contribution in [0.2, 0.25) is 0 Å². The van der Waals surface area contributed by atoms with E-state index in [1.54, 1.807) is 0 Å². The van der Waals surface area contributed by atoms with Crippen LogP contribution in [0.5, 0.6) is 0 Å². The molecule has 0 N–H and O–H groups in total. The topological polar surface area (TPSA) is 0 Å². The van der Waals surface area contributed by atoms with Crippen LogP contribution in [0, 0.1) is 11.6 Å². The highest BCUT2D eigenvalue weighted by Crippen LogP contribution is 2.10. The average Bonchev–Trinajstić information content (AvgIpc) is 1.85. The normalized spacial score (nSPS) is 10.2. The van der Waals surface area contributed by atoms with Crippen molar-refractivity contribution in [2.45, 2.75) is 13.3 Å². The minimum atomic E-state index is -0.523. The largest absolute Gasteiger partial charge is 0.207 e. The number of hydrogen-bond acceptors (Lipinski definition) is 0. The Morgan fingerprint density at radius 1 is 1.36 bits per heavy atom. The van der Waals surface area contributed by atoms with Crippen molar-refractivity contribution in [2.75, 3.05) is 0 Å². The van der Waals surface area contributed by atoms with Crippen LogP contribution in [0.4, 0.5) is 8.78 Å². The predicted molar refractivity (Wildman–Crippen MR) is 45.1 cm³/mol. The van der Waals surface area contributed by atoms with Crippen LogP contribution < -0.4 is 5.30 Å². The van der Waals surface area contributed by atoms with E-state index < -0.39 is 11.6 Å². The molecule has 0 amide bonds. The van der Waals surface area contributed by atoms with Crippen molar-refractivity contribution in [3.05, 3.63) is 29.3 Å². The van der Waals surface area contributed by atoms with Gasteiger partial charge in [-0.2, -0.15) is 0 Å². The highest BCUT2D eigenvalue weighted by atomic mass is 31.0. The summed E-state index contributed by atoms with van der Waals surface area (Å²) in [5.74, 6) is -0.984. The van der Waals surface area contributed by atoms with Gasteiger partial charge in [0.2, 0.25) is 0 Å². The van der Waals surface area contributed by atoms with E-state index >= 15 is 0 Å². The molecule has 0 saturated heterocycles. The number of hydrogen-bond donors (Lipinski definition) is 0. The van der Waals surface area contributed by atoms with Gasteiger partial charge in [-0.25, -0.2) is 8.78 Å². The summed E-state index contributed by atoms with van der Waals surface area (Å²) >= 11 is 0. The highest BCUT2D eigenvalue weighted by Gasteiger charge is 2.05. The molecule has 0 bridgehead atoms. The molecule has 60 valence electrons. The predicted octanol–water partition coefficient (Wildman–Crippen LogP) is 2.03. The summed E-state index contributed by atoms with van der Waals surface area (Å²) in [6, 6.07) is 2.22. The van der Waals surface area contributed by atoms with Gasteiger partial charge in [-0.15, -0.1) is 9.24 Å². The molecule has 0 radical (unpaired) electrons. The molecule has 0 fully saturated rings. The maximum absolute atomic E-state index is 12.9. The lowest BCUT2D eigenvalue weighted by Gasteiger charge is -2.03. The van der Waals surface area contributed by atoms with Crippen LogP contribution >= 0.6 is 9.24 Å². The van der Waals surface area contributed by atoms with Gasteiger partial charge < -0.3 is 0 Å². The van der Waals surface area contributed by atoms with Crippen molar-refractivity contribution in [3.63, 3.8) is 0 Å². The summed E-state index contributed by atoms with van der Waals surface area (Å²) in [7, 11) is 2.32. The van der Waals surface area contributed by atoms with E-state index in [0.717, 1.165) is 6.07 Å². The van der Waals surface area contributed by atoms with Crippen LogP contribution in [-0.4, -0.2) is 0 Å². The molecule has 1 atom stereocenters. The lowest BCUT2D eigenvalue weighted by Crippen LogP contribution is -2.05. The summed E-state index contributed by atoms with van der Waals surface area (Å²) in [5.41, 5.74) is 0.566. The molecule has 0 nitrogen and oxygen atoms in total. The molecular formula is C8H9F2P. The smallest absolute Gasteiger partial charge is 0.129 e. The highest BCUT2D eigenvalue weighted by molar-refractivity contribution is 7.27. The number of halogens is 2. The summed E-state index contributed by atoms with van der Waals surface area (Å²) in [6.45, 7) is 1.84.